The molecular weight excluding hydrogens is 924 g/mol. The topological polar surface area (TPSA) is 32.8 Å². The van der Waals surface area contributed by atoms with Gasteiger partial charge in [-0.1, -0.05) is 178 Å². The molecule has 0 saturated carbocycles. The van der Waals surface area contributed by atoms with Gasteiger partial charge in [0.05, 0.1) is 11.4 Å². The van der Waals surface area contributed by atoms with Gasteiger partial charge in [-0.2, -0.15) is 0 Å². The van der Waals surface area contributed by atoms with Crippen LogP contribution in [0.2, 0.25) is 0 Å². The lowest BCUT2D eigenvalue weighted by Crippen LogP contribution is -2.61. The van der Waals surface area contributed by atoms with Crippen molar-refractivity contribution in [1.82, 2.24) is 0 Å². The summed E-state index contributed by atoms with van der Waals surface area (Å²) in [4.78, 5) is 5.10. The van der Waals surface area contributed by atoms with Crippen molar-refractivity contribution in [3.63, 3.8) is 0 Å². The molecule has 0 atom stereocenters. The second kappa shape index (κ2) is 15.5. The van der Waals surface area contributed by atoms with E-state index in [1.165, 1.54) is 85.2 Å². The average Bonchev–Trinajstić information content (AvgIpc) is 4.13. The first-order valence-corrected chi connectivity index (χ1v) is 27.4. The summed E-state index contributed by atoms with van der Waals surface area (Å²) in [6.07, 6.45) is 2.35. The number of hydrogen-bond donors (Lipinski definition) is 0. The van der Waals surface area contributed by atoms with E-state index < -0.39 is 0 Å². The van der Waals surface area contributed by atoms with Gasteiger partial charge in [0, 0.05) is 44.2 Å². The number of nitrogens with zero attached hydrogens (tertiary/aromatic N) is 2. The molecule has 5 heteroatoms. The quantitative estimate of drug-likeness (QED) is 0.165. The summed E-state index contributed by atoms with van der Waals surface area (Å²) in [6.45, 7) is 21.2. The summed E-state index contributed by atoms with van der Waals surface area (Å²) in [6, 6.07) is 68.1. The van der Waals surface area contributed by atoms with Crippen LogP contribution in [0.4, 0.5) is 28.4 Å². The molecule has 4 aliphatic rings. The van der Waals surface area contributed by atoms with Crippen LogP contribution in [0, 0.1) is 0 Å². The van der Waals surface area contributed by atoms with Crippen molar-refractivity contribution in [2.24, 2.45) is 0 Å². The Morgan fingerprint density at radius 2 is 1.03 bits per heavy atom. The fourth-order valence-corrected chi connectivity index (χ4v) is 13.9. The van der Waals surface area contributed by atoms with E-state index in [0.29, 0.717) is 0 Å². The van der Waals surface area contributed by atoms with E-state index in [-0.39, 0.29) is 28.5 Å². The maximum absolute atomic E-state index is 7.56. The first-order chi connectivity index (χ1) is 36.5. The van der Waals surface area contributed by atoms with E-state index in [1.807, 2.05) is 0 Å². The van der Waals surface area contributed by atoms with Crippen LogP contribution >= 0.6 is 0 Å². The lowest BCUT2D eigenvalue weighted by atomic mass is 9.45. The molecule has 0 bridgehead atoms. The summed E-state index contributed by atoms with van der Waals surface area (Å²) < 4.78 is 14.8. The van der Waals surface area contributed by atoms with Crippen LogP contribution < -0.4 is 20.8 Å². The summed E-state index contributed by atoms with van der Waals surface area (Å²) in [5.74, 6) is 0. The number of furan rings is 2. The molecule has 2 aromatic heterocycles. The van der Waals surface area contributed by atoms with Crippen LogP contribution in [0.1, 0.15) is 103 Å². The zero-order valence-electron chi connectivity index (χ0n) is 45.0. The molecule has 2 aliphatic carbocycles. The lowest BCUT2D eigenvalue weighted by molar-refractivity contribution is 0.331. The van der Waals surface area contributed by atoms with Gasteiger partial charge in [0.25, 0.3) is 0 Å². The normalized spacial score (nSPS) is 16.4. The summed E-state index contributed by atoms with van der Waals surface area (Å²) in [7, 11) is 0. The SMILES string of the molecule is CC(C)(C)c1ccc(N2c3c(oc4ccc(-c5ccccc5)cc34)B3c4c(cc5c(oc6ccccc65)c42)-c2cc4c(cc2N3c2ccc(-c3ccccc3)cc2)C(C)(C)c2cc3c(cc2-4)C(C)(C)CCC3(C)C)cc1. The van der Waals surface area contributed by atoms with E-state index in [0.717, 1.165) is 72.4 Å². The Morgan fingerprint density at radius 3 is 1.72 bits per heavy atom. The molecule has 4 heterocycles. The Balaban J connectivity index is 1.08. The number of hydrogen-bond acceptors (Lipinski definition) is 4. The van der Waals surface area contributed by atoms with Crippen LogP contribution in [0.15, 0.2) is 191 Å². The van der Waals surface area contributed by atoms with Gasteiger partial charge in [-0.25, -0.2) is 0 Å². The summed E-state index contributed by atoms with van der Waals surface area (Å²) in [5.41, 5.74) is 26.8. The Kier molecular flexibility index (Phi) is 9.28. The molecule has 0 fully saturated rings. The highest BCUT2D eigenvalue weighted by atomic mass is 16.3. The van der Waals surface area contributed by atoms with Crippen molar-refractivity contribution in [3.8, 4) is 44.5 Å². The van der Waals surface area contributed by atoms with Crippen molar-refractivity contribution in [2.75, 3.05) is 9.71 Å². The second-order valence-corrected chi connectivity index (χ2v) is 25.1. The Hall–Kier alpha value is -8.02. The molecular formula is C71H61BN2O2. The predicted octanol–water partition coefficient (Wildman–Crippen LogP) is 18.3. The van der Waals surface area contributed by atoms with Crippen molar-refractivity contribution in [1.29, 1.82) is 0 Å². The highest BCUT2D eigenvalue weighted by molar-refractivity contribution is 6.93. The lowest BCUT2D eigenvalue weighted by Gasteiger charge is -2.44. The number of fused-ring (bicyclic) bond motifs is 14. The third-order valence-corrected chi connectivity index (χ3v) is 18.3. The van der Waals surface area contributed by atoms with E-state index in [2.05, 4.69) is 254 Å². The molecule has 76 heavy (non-hydrogen) atoms. The van der Waals surface area contributed by atoms with Crippen molar-refractivity contribution < 1.29 is 8.83 Å². The van der Waals surface area contributed by atoms with Crippen LogP contribution in [-0.4, -0.2) is 6.85 Å². The molecule has 0 N–H and O–H groups in total. The molecule has 15 rings (SSSR count). The fourth-order valence-electron chi connectivity index (χ4n) is 13.9. The van der Waals surface area contributed by atoms with Crippen LogP contribution in [-0.2, 0) is 21.7 Å². The van der Waals surface area contributed by atoms with Gasteiger partial charge in [0.15, 0.2) is 5.58 Å². The largest absolute Gasteiger partial charge is 0.466 e. The molecule has 0 saturated heterocycles. The van der Waals surface area contributed by atoms with Gasteiger partial charge < -0.3 is 18.5 Å². The third kappa shape index (κ3) is 6.38. The van der Waals surface area contributed by atoms with Crippen molar-refractivity contribution >= 4 is 79.3 Å². The molecule has 9 aromatic carbocycles. The van der Waals surface area contributed by atoms with E-state index in [9.17, 15) is 0 Å². The highest BCUT2D eigenvalue weighted by Gasteiger charge is 2.51. The average molecular weight is 985 g/mol. The number of anilines is 5. The molecule has 0 spiro atoms. The number of rotatable bonds is 4. The smallest absolute Gasteiger partial charge is 0.376 e. The molecule has 11 aromatic rings. The number of benzene rings is 9. The van der Waals surface area contributed by atoms with E-state index in [1.54, 1.807) is 0 Å². The van der Waals surface area contributed by atoms with E-state index >= 15 is 0 Å². The first kappa shape index (κ1) is 45.4. The van der Waals surface area contributed by atoms with Gasteiger partial charge in [-0.15, -0.1) is 0 Å². The van der Waals surface area contributed by atoms with Gasteiger partial charge in [0.2, 0.25) is 0 Å². The third-order valence-electron chi connectivity index (χ3n) is 18.3. The van der Waals surface area contributed by atoms with Crippen LogP contribution in [0.5, 0.6) is 0 Å². The molecule has 0 radical (unpaired) electrons. The number of para-hydroxylation sites is 1. The van der Waals surface area contributed by atoms with Gasteiger partial charge in [-0.05, 0) is 168 Å². The van der Waals surface area contributed by atoms with Crippen molar-refractivity contribution in [3.05, 3.63) is 210 Å². The molecule has 4 nitrogen and oxygen atoms in total. The van der Waals surface area contributed by atoms with Gasteiger partial charge >= 0.3 is 6.85 Å². The molecule has 2 aliphatic heterocycles. The minimum Gasteiger partial charge on any atom is -0.466 e. The monoisotopic (exact) mass is 984 g/mol. The summed E-state index contributed by atoms with van der Waals surface area (Å²) in [5, 5.41) is 3.27. The zero-order chi connectivity index (χ0) is 51.8. The second-order valence-electron chi connectivity index (χ2n) is 25.1. The molecule has 0 unspecified atom stereocenters. The maximum Gasteiger partial charge on any atom is 0.376 e. The first-order valence-electron chi connectivity index (χ1n) is 27.4. The Bertz CT molecular complexity index is 4230. The maximum atomic E-state index is 7.56. The minimum absolute atomic E-state index is 0.0273. The standard InChI is InChI=1S/C71H61BN2O2/c1-68(2,3)46-27-31-47(32-28-46)73-64-55-36-45(43-20-14-11-15-21-43)26-33-62(55)76-67(64)72-63-53(38-54-49-22-16-17-23-61(49)75-66(54)65(63)73)52-37-50-51-39-58-59(70(6,7)35-34-69(58,4)5)40-56(51)71(8,9)57(50)41-60(52)74(72)48-29-24-44(25-30-48)42-18-12-10-13-19-42/h10-33,36-41H,34-35H2,1-9H3. The van der Waals surface area contributed by atoms with E-state index in [4.69, 9.17) is 8.83 Å². The van der Waals surface area contributed by atoms with Gasteiger partial charge in [-0.3, -0.25) is 0 Å². The zero-order valence-corrected chi connectivity index (χ0v) is 45.0. The fraction of sp³-hybridized carbons (Fsp3) is 0.211. The summed E-state index contributed by atoms with van der Waals surface area (Å²) >= 11 is 0. The van der Waals surface area contributed by atoms with Crippen LogP contribution in [0.25, 0.3) is 77.4 Å². The predicted molar refractivity (Wildman–Crippen MR) is 320 cm³/mol. The molecule has 370 valence electrons. The van der Waals surface area contributed by atoms with Crippen LogP contribution in [0.3, 0.4) is 0 Å². The highest BCUT2D eigenvalue weighted by Crippen LogP contribution is 2.59. The Morgan fingerprint density at radius 1 is 0.447 bits per heavy atom. The molecule has 0 amide bonds. The van der Waals surface area contributed by atoms with Crippen molar-refractivity contribution in [2.45, 2.75) is 96.8 Å². The minimum atomic E-state index is -0.371. The Labute approximate surface area is 446 Å². The van der Waals surface area contributed by atoms with Gasteiger partial charge in [0.1, 0.15) is 16.8 Å².